The minimum atomic E-state index is -0.269. The van der Waals surface area contributed by atoms with Crippen molar-refractivity contribution in [2.75, 3.05) is 32.9 Å². The molecule has 7 heteroatoms. The second-order valence-electron chi connectivity index (χ2n) is 7.07. The van der Waals surface area contributed by atoms with Gasteiger partial charge in [-0.15, -0.1) is 0 Å². The van der Waals surface area contributed by atoms with Crippen molar-refractivity contribution in [2.24, 2.45) is 11.8 Å². The van der Waals surface area contributed by atoms with Crippen LogP contribution in [0, 0.1) is 11.8 Å². The second-order valence-corrected chi connectivity index (χ2v) is 7.85. The Labute approximate surface area is 151 Å². The predicted molar refractivity (Wildman–Crippen MR) is 93.5 cm³/mol. The average Bonchev–Trinajstić information content (AvgIpc) is 3.36. The van der Waals surface area contributed by atoms with Crippen LogP contribution >= 0.6 is 11.3 Å². The molecule has 3 saturated heterocycles. The number of nitrogens with one attached hydrogen (secondary N) is 1. The van der Waals surface area contributed by atoms with Crippen LogP contribution in [0.5, 0.6) is 0 Å². The molecule has 0 saturated carbocycles. The van der Waals surface area contributed by atoms with E-state index < -0.39 is 0 Å². The van der Waals surface area contributed by atoms with Gasteiger partial charge in [0, 0.05) is 38.3 Å². The Morgan fingerprint density at radius 2 is 2.08 bits per heavy atom. The van der Waals surface area contributed by atoms with Crippen LogP contribution < -0.4 is 5.32 Å². The molecule has 1 N–H and O–H groups in total. The summed E-state index contributed by atoms with van der Waals surface area (Å²) in [6.07, 6.45) is 2.63. The highest BCUT2D eigenvalue weighted by Crippen LogP contribution is 2.34. The fraction of sp³-hybridized carbons (Fsp3) is 0.667. The summed E-state index contributed by atoms with van der Waals surface area (Å²) in [5, 5.41) is 6.86. The fourth-order valence-corrected chi connectivity index (χ4v) is 4.74. The number of nitrogens with zero attached hydrogens (tertiary/aromatic N) is 1. The number of ether oxygens (including phenoxy) is 2. The maximum atomic E-state index is 12.8. The van der Waals surface area contributed by atoms with Crippen LogP contribution in [0.1, 0.15) is 29.6 Å². The van der Waals surface area contributed by atoms with Crippen LogP contribution in [0.15, 0.2) is 16.8 Å². The number of hydrogen-bond donors (Lipinski definition) is 1. The molecule has 0 bridgehead atoms. The smallest absolute Gasteiger partial charge is 0.255 e. The van der Waals surface area contributed by atoms with E-state index in [1.165, 1.54) is 11.3 Å². The van der Waals surface area contributed by atoms with Crippen molar-refractivity contribution in [3.8, 4) is 0 Å². The molecular formula is C18H24N2O4S. The Hall–Kier alpha value is -1.44. The maximum Gasteiger partial charge on any atom is 0.255 e. The lowest BCUT2D eigenvalue weighted by Gasteiger charge is -2.23. The van der Waals surface area contributed by atoms with E-state index in [0.29, 0.717) is 31.2 Å². The van der Waals surface area contributed by atoms with Gasteiger partial charge in [-0.3, -0.25) is 9.59 Å². The van der Waals surface area contributed by atoms with Crippen LogP contribution in [0.25, 0.3) is 0 Å². The maximum absolute atomic E-state index is 12.8. The molecule has 25 heavy (non-hydrogen) atoms. The Morgan fingerprint density at radius 3 is 2.84 bits per heavy atom. The standard InChI is InChI=1S/C18H24N2O4S/c21-17(19-9-12-1-5-23-6-2-12)14-10-20(15-3-7-24-16(14)15)18(22)13-4-8-25-11-13/h4,8,11-12,14-16H,1-3,5-7,9-10H2,(H,19,21)/t14-,15-,16-/m1/s1. The summed E-state index contributed by atoms with van der Waals surface area (Å²) in [5.41, 5.74) is 0.707. The summed E-state index contributed by atoms with van der Waals surface area (Å²) in [4.78, 5) is 27.3. The lowest BCUT2D eigenvalue weighted by molar-refractivity contribution is -0.128. The van der Waals surface area contributed by atoms with Gasteiger partial charge in [-0.05, 0) is 36.6 Å². The summed E-state index contributed by atoms with van der Waals surface area (Å²) < 4.78 is 11.2. The van der Waals surface area contributed by atoms with Gasteiger partial charge in [-0.1, -0.05) is 0 Å². The Balaban J connectivity index is 1.39. The van der Waals surface area contributed by atoms with Crippen molar-refractivity contribution in [1.82, 2.24) is 10.2 Å². The summed E-state index contributed by atoms with van der Waals surface area (Å²) in [7, 11) is 0. The third-order valence-corrected chi connectivity index (χ3v) is 6.25. The molecule has 6 nitrogen and oxygen atoms in total. The van der Waals surface area contributed by atoms with Crippen molar-refractivity contribution in [3.63, 3.8) is 0 Å². The first-order valence-electron chi connectivity index (χ1n) is 9.04. The SMILES string of the molecule is O=C(NCC1CCOCC1)[C@@H]1CN(C(=O)c2ccsc2)[C@@H]2CCO[C@@H]21. The lowest BCUT2D eigenvalue weighted by Crippen LogP contribution is -2.40. The fourth-order valence-electron chi connectivity index (χ4n) is 4.11. The highest BCUT2D eigenvalue weighted by atomic mass is 32.1. The second kappa shape index (κ2) is 7.43. The first kappa shape index (κ1) is 17.0. The minimum absolute atomic E-state index is 0.0153. The Bertz CT molecular complexity index is 615. The number of thiophene rings is 1. The average molecular weight is 364 g/mol. The molecule has 0 radical (unpaired) electrons. The largest absolute Gasteiger partial charge is 0.381 e. The first-order valence-corrected chi connectivity index (χ1v) is 9.98. The van der Waals surface area contributed by atoms with E-state index in [2.05, 4.69) is 5.32 Å². The molecule has 0 unspecified atom stereocenters. The van der Waals surface area contributed by atoms with Gasteiger partial charge < -0.3 is 19.7 Å². The molecule has 1 aromatic rings. The van der Waals surface area contributed by atoms with Gasteiger partial charge in [-0.25, -0.2) is 0 Å². The topological polar surface area (TPSA) is 67.9 Å². The third kappa shape index (κ3) is 3.45. The highest BCUT2D eigenvalue weighted by molar-refractivity contribution is 7.08. The summed E-state index contributed by atoms with van der Waals surface area (Å²) >= 11 is 1.51. The number of likely N-dealkylation sites (tertiary alicyclic amines) is 1. The van der Waals surface area contributed by atoms with Crippen LogP contribution in [-0.4, -0.2) is 61.8 Å². The van der Waals surface area contributed by atoms with E-state index in [4.69, 9.17) is 9.47 Å². The number of fused-ring (bicyclic) bond motifs is 1. The zero-order valence-electron chi connectivity index (χ0n) is 14.2. The van der Waals surface area contributed by atoms with Crippen molar-refractivity contribution in [2.45, 2.75) is 31.4 Å². The molecule has 4 rings (SSSR count). The number of amides is 2. The van der Waals surface area contributed by atoms with Gasteiger partial charge in [0.05, 0.1) is 23.6 Å². The van der Waals surface area contributed by atoms with Crippen LogP contribution in [0.2, 0.25) is 0 Å². The minimum Gasteiger partial charge on any atom is -0.381 e. The van der Waals surface area contributed by atoms with Gasteiger partial charge in [0.25, 0.3) is 5.91 Å². The van der Waals surface area contributed by atoms with E-state index in [1.807, 2.05) is 21.7 Å². The van der Waals surface area contributed by atoms with E-state index >= 15 is 0 Å². The quantitative estimate of drug-likeness (QED) is 0.880. The molecule has 0 spiro atoms. The number of carbonyl (C=O) groups excluding carboxylic acids is 2. The number of rotatable bonds is 4. The number of hydrogen-bond acceptors (Lipinski definition) is 5. The van der Waals surface area contributed by atoms with E-state index in [-0.39, 0.29) is 29.9 Å². The molecule has 3 aliphatic rings. The van der Waals surface area contributed by atoms with Crippen LogP contribution in [-0.2, 0) is 14.3 Å². The molecule has 3 fully saturated rings. The highest BCUT2D eigenvalue weighted by Gasteiger charge is 2.50. The van der Waals surface area contributed by atoms with E-state index in [1.54, 1.807) is 0 Å². The monoisotopic (exact) mass is 364 g/mol. The normalized spacial score (nSPS) is 29.6. The zero-order chi connectivity index (χ0) is 17.2. The molecule has 3 atom stereocenters. The van der Waals surface area contributed by atoms with Crippen LogP contribution in [0.3, 0.4) is 0 Å². The Morgan fingerprint density at radius 1 is 1.24 bits per heavy atom. The van der Waals surface area contributed by atoms with Gasteiger partial charge in [-0.2, -0.15) is 11.3 Å². The Kier molecular flexibility index (Phi) is 5.05. The third-order valence-electron chi connectivity index (χ3n) is 5.57. The summed E-state index contributed by atoms with van der Waals surface area (Å²) in [6.45, 7) is 3.31. The lowest BCUT2D eigenvalue weighted by atomic mass is 9.98. The van der Waals surface area contributed by atoms with Crippen LogP contribution in [0.4, 0.5) is 0 Å². The summed E-state index contributed by atoms with van der Waals surface area (Å²) in [5.74, 6) is 0.253. The molecule has 0 aliphatic carbocycles. The molecule has 4 heterocycles. The molecule has 136 valence electrons. The van der Waals surface area contributed by atoms with Crippen molar-refractivity contribution in [1.29, 1.82) is 0 Å². The van der Waals surface area contributed by atoms with Crippen molar-refractivity contribution < 1.29 is 19.1 Å². The predicted octanol–water partition coefficient (Wildman–Crippen LogP) is 1.52. The zero-order valence-corrected chi connectivity index (χ0v) is 15.0. The van der Waals surface area contributed by atoms with Gasteiger partial charge >= 0.3 is 0 Å². The van der Waals surface area contributed by atoms with Crippen molar-refractivity contribution >= 4 is 23.2 Å². The summed E-state index contributed by atoms with van der Waals surface area (Å²) in [6, 6.07) is 1.86. The molecule has 2 amide bonds. The van der Waals surface area contributed by atoms with E-state index in [9.17, 15) is 9.59 Å². The first-order chi connectivity index (χ1) is 12.2. The van der Waals surface area contributed by atoms with Crippen molar-refractivity contribution in [3.05, 3.63) is 22.4 Å². The van der Waals surface area contributed by atoms with Gasteiger partial charge in [0.2, 0.25) is 5.91 Å². The molecule has 3 aliphatic heterocycles. The molecule has 0 aromatic carbocycles. The molecular weight excluding hydrogens is 340 g/mol. The number of carbonyl (C=O) groups is 2. The van der Waals surface area contributed by atoms with Gasteiger partial charge in [0.15, 0.2) is 0 Å². The molecule has 1 aromatic heterocycles. The van der Waals surface area contributed by atoms with E-state index in [0.717, 1.165) is 32.5 Å². The van der Waals surface area contributed by atoms with Gasteiger partial charge in [0.1, 0.15) is 0 Å².